The SMILES string of the molecule is C=CCC/C(=C\C)N(C)C(C)C. The molecule has 0 N–H and O–H groups in total. The van der Waals surface area contributed by atoms with Gasteiger partial charge in [-0.25, -0.2) is 0 Å². The molecule has 70 valence electrons. The van der Waals surface area contributed by atoms with Crippen molar-refractivity contribution in [2.75, 3.05) is 7.05 Å². The summed E-state index contributed by atoms with van der Waals surface area (Å²) in [7, 11) is 2.14. The lowest BCUT2D eigenvalue weighted by atomic mass is 10.2. The van der Waals surface area contributed by atoms with Crippen LogP contribution >= 0.6 is 0 Å². The Hall–Kier alpha value is -0.720. The summed E-state index contributed by atoms with van der Waals surface area (Å²) in [6.07, 6.45) is 6.33. The molecule has 0 aromatic carbocycles. The van der Waals surface area contributed by atoms with Gasteiger partial charge in [-0.15, -0.1) is 6.58 Å². The van der Waals surface area contributed by atoms with Gasteiger partial charge in [-0.2, -0.15) is 0 Å². The third-order valence-electron chi connectivity index (χ3n) is 2.17. The van der Waals surface area contributed by atoms with Crippen molar-refractivity contribution in [2.45, 2.75) is 39.7 Å². The van der Waals surface area contributed by atoms with E-state index in [1.165, 1.54) is 5.70 Å². The summed E-state index contributed by atoms with van der Waals surface area (Å²) in [6.45, 7) is 10.2. The molecule has 0 saturated heterocycles. The van der Waals surface area contributed by atoms with Crippen LogP contribution in [0.1, 0.15) is 33.6 Å². The summed E-state index contributed by atoms with van der Waals surface area (Å²) >= 11 is 0. The van der Waals surface area contributed by atoms with E-state index in [1.807, 2.05) is 6.08 Å². The normalized spacial score (nSPS) is 11.9. The minimum atomic E-state index is 0.584. The quantitative estimate of drug-likeness (QED) is 0.568. The Labute approximate surface area is 76.8 Å². The van der Waals surface area contributed by atoms with Crippen molar-refractivity contribution >= 4 is 0 Å². The molecule has 0 aromatic heterocycles. The third kappa shape index (κ3) is 3.61. The second-order valence-electron chi connectivity index (χ2n) is 3.31. The van der Waals surface area contributed by atoms with Gasteiger partial charge in [-0.1, -0.05) is 12.2 Å². The van der Waals surface area contributed by atoms with Crippen molar-refractivity contribution in [3.05, 3.63) is 24.4 Å². The smallest absolute Gasteiger partial charge is 0.0227 e. The summed E-state index contributed by atoms with van der Waals surface area (Å²) in [6, 6.07) is 0.584. The Balaban J connectivity index is 4.06. The predicted molar refractivity (Wildman–Crippen MR) is 56.1 cm³/mol. The van der Waals surface area contributed by atoms with E-state index in [0.29, 0.717) is 6.04 Å². The predicted octanol–water partition coefficient (Wildman–Crippen LogP) is 3.20. The largest absolute Gasteiger partial charge is 0.376 e. The maximum Gasteiger partial charge on any atom is 0.0227 e. The summed E-state index contributed by atoms with van der Waals surface area (Å²) in [5, 5.41) is 0. The molecule has 0 aliphatic carbocycles. The molecular weight excluding hydrogens is 146 g/mol. The highest BCUT2D eigenvalue weighted by Crippen LogP contribution is 2.12. The van der Waals surface area contributed by atoms with Gasteiger partial charge in [0.15, 0.2) is 0 Å². The molecule has 0 heterocycles. The lowest BCUT2D eigenvalue weighted by Crippen LogP contribution is -2.25. The number of allylic oxidation sites excluding steroid dienone is 3. The van der Waals surface area contributed by atoms with Crippen LogP contribution in [-0.2, 0) is 0 Å². The van der Waals surface area contributed by atoms with Crippen molar-refractivity contribution in [3.8, 4) is 0 Å². The van der Waals surface area contributed by atoms with Gasteiger partial charge < -0.3 is 4.90 Å². The number of hydrogen-bond donors (Lipinski definition) is 0. The van der Waals surface area contributed by atoms with E-state index in [-0.39, 0.29) is 0 Å². The first-order chi connectivity index (χ1) is 5.63. The average molecular weight is 167 g/mol. The highest BCUT2D eigenvalue weighted by molar-refractivity contribution is 5.00. The van der Waals surface area contributed by atoms with Crippen LogP contribution in [0, 0.1) is 0 Å². The van der Waals surface area contributed by atoms with E-state index in [9.17, 15) is 0 Å². The highest BCUT2D eigenvalue weighted by atomic mass is 15.1. The van der Waals surface area contributed by atoms with Gasteiger partial charge >= 0.3 is 0 Å². The van der Waals surface area contributed by atoms with Crippen LogP contribution in [0.2, 0.25) is 0 Å². The van der Waals surface area contributed by atoms with Gasteiger partial charge in [0, 0.05) is 18.8 Å². The molecule has 0 aliphatic rings. The molecule has 0 aromatic rings. The summed E-state index contributed by atoms with van der Waals surface area (Å²) in [5.74, 6) is 0. The van der Waals surface area contributed by atoms with Crippen molar-refractivity contribution in [2.24, 2.45) is 0 Å². The molecule has 1 nitrogen and oxygen atoms in total. The molecule has 12 heavy (non-hydrogen) atoms. The van der Waals surface area contributed by atoms with E-state index >= 15 is 0 Å². The Morgan fingerprint density at radius 2 is 2.08 bits per heavy atom. The van der Waals surface area contributed by atoms with E-state index in [4.69, 9.17) is 0 Å². The first-order valence-corrected chi connectivity index (χ1v) is 4.62. The standard InChI is InChI=1S/C11H21N/c1-6-8-9-11(7-2)12(5)10(3)4/h6-7,10H,1,8-9H2,2-5H3/b11-7+. The van der Waals surface area contributed by atoms with Crippen molar-refractivity contribution < 1.29 is 0 Å². The second kappa shape index (κ2) is 5.87. The van der Waals surface area contributed by atoms with Crippen LogP contribution in [0.15, 0.2) is 24.4 Å². The summed E-state index contributed by atoms with van der Waals surface area (Å²) in [4.78, 5) is 2.31. The van der Waals surface area contributed by atoms with E-state index < -0.39 is 0 Å². The molecule has 0 rings (SSSR count). The fourth-order valence-electron chi connectivity index (χ4n) is 1.11. The number of nitrogens with zero attached hydrogens (tertiary/aromatic N) is 1. The molecule has 0 spiro atoms. The Morgan fingerprint density at radius 1 is 1.50 bits per heavy atom. The van der Waals surface area contributed by atoms with Crippen LogP contribution < -0.4 is 0 Å². The molecular formula is C11H21N. The molecule has 1 heteroatoms. The molecule has 0 bridgehead atoms. The van der Waals surface area contributed by atoms with Gasteiger partial charge in [-0.3, -0.25) is 0 Å². The van der Waals surface area contributed by atoms with Crippen LogP contribution in [-0.4, -0.2) is 18.0 Å². The lowest BCUT2D eigenvalue weighted by molar-refractivity contribution is 0.332. The summed E-state index contributed by atoms with van der Waals surface area (Å²) < 4.78 is 0. The van der Waals surface area contributed by atoms with Crippen molar-refractivity contribution in [1.82, 2.24) is 4.90 Å². The molecule has 0 atom stereocenters. The van der Waals surface area contributed by atoms with E-state index in [1.54, 1.807) is 0 Å². The first kappa shape index (κ1) is 11.3. The van der Waals surface area contributed by atoms with Crippen LogP contribution in [0.3, 0.4) is 0 Å². The van der Waals surface area contributed by atoms with Gasteiger partial charge in [0.05, 0.1) is 0 Å². The van der Waals surface area contributed by atoms with Gasteiger partial charge in [0.1, 0.15) is 0 Å². The molecule has 0 aliphatic heterocycles. The first-order valence-electron chi connectivity index (χ1n) is 4.62. The average Bonchev–Trinajstić information content (AvgIpc) is 2.05. The molecule has 0 amide bonds. The Morgan fingerprint density at radius 3 is 2.42 bits per heavy atom. The maximum atomic E-state index is 3.73. The fraction of sp³-hybridized carbons (Fsp3) is 0.636. The van der Waals surface area contributed by atoms with Gasteiger partial charge in [0.2, 0.25) is 0 Å². The monoisotopic (exact) mass is 167 g/mol. The van der Waals surface area contributed by atoms with Crippen molar-refractivity contribution in [3.63, 3.8) is 0 Å². The number of hydrogen-bond acceptors (Lipinski definition) is 1. The Kier molecular flexibility index (Phi) is 5.52. The Bertz CT molecular complexity index is 156. The third-order valence-corrected chi connectivity index (χ3v) is 2.17. The number of rotatable bonds is 5. The zero-order valence-electron chi connectivity index (χ0n) is 8.80. The van der Waals surface area contributed by atoms with Gasteiger partial charge in [0.25, 0.3) is 0 Å². The zero-order valence-corrected chi connectivity index (χ0v) is 8.80. The lowest BCUT2D eigenvalue weighted by Gasteiger charge is -2.26. The minimum Gasteiger partial charge on any atom is -0.376 e. The molecule has 0 unspecified atom stereocenters. The highest BCUT2D eigenvalue weighted by Gasteiger charge is 2.05. The van der Waals surface area contributed by atoms with E-state index in [0.717, 1.165) is 12.8 Å². The fourth-order valence-corrected chi connectivity index (χ4v) is 1.11. The second-order valence-corrected chi connectivity index (χ2v) is 3.31. The van der Waals surface area contributed by atoms with E-state index in [2.05, 4.69) is 45.4 Å². The molecule has 0 fully saturated rings. The van der Waals surface area contributed by atoms with Crippen LogP contribution in [0.4, 0.5) is 0 Å². The van der Waals surface area contributed by atoms with Crippen LogP contribution in [0.25, 0.3) is 0 Å². The zero-order chi connectivity index (χ0) is 9.56. The maximum absolute atomic E-state index is 3.73. The van der Waals surface area contributed by atoms with Gasteiger partial charge in [-0.05, 0) is 33.6 Å². The van der Waals surface area contributed by atoms with Crippen LogP contribution in [0.5, 0.6) is 0 Å². The van der Waals surface area contributed by atoms with Crippen molar-refractivity contribution in [1.29, 1.82) is 0 Å². The molecule has 0 radical (unpaired) electrons. The topological polar surface area (TPSA) is 3.24 Å². The minimum absolute atomic E-state index is 0.584. The summed E-state index contributed by atoms with van der Waals surface area (Å²) in [5.41, 5.74) is 1.41. The molecule has 0 saturated carbocycles.